The Morgan fingerprint density at radius 1 is 1.29 bits per heavy atom. The standard InChI is InChI=1S/C16H21N3O2/c1-11-5-12(8-17-15(20)21-16(2,3)4)7-13(6-11)14-9-18-19-10-14/h5-7,9-10H,8H2,1-4H3,(H,17,20)(H,18,19). The van der Waals surface area contributed by atoms with Gasteiger partial charge in [-0.25, -0.2) is 4.79 Å². The largest absolute Gasteiger partial charge is 0.444 e. The lowest BCUT2D eigenvalue weighted by Crippen LogP contribution is -2.32. The Hall–Kier alpha value is -2.30. The van der Waals surface area contributed by atoms with Crippen molar-refractivity contribution in [1.82, 2.24) is 15.5 Å². The topological polar surface area (TPSA) is 67.0 Å². The van der Waals surface area contributed by atoms with Crippen LogP contribution in [0.5, 0.6) is 0 Å². The summed E-state index contributed by atoms with van der Waals surface area (Å²) in [4.78, 5) is 11.7. The number of ether oxygens (including phenoxy) is 1. The summed E-state index contributed by atoms with van der Waals surface area (Å²) in [6.45, 7) is 7.99. The first-order valence-corrected chi connectivity index (χ1v) is 6.90. The Morgan fingerprint density at radius 3 is 2.67 bits per heavy atom. The van der Waals surface area contributed by atoms with E-state index in [1.54, 1.807) is 6.20 Å². The first kappa shape index (κ1) is 15.1. The van der Waals surface area contributed by atoms with E-state index < -0.39 is 11.7 Å². The Bertz CT molecular complexity index is 613. The summed E-state index contributed by atoms with van der Waals surface area (Å²) < 4.78 is 5.23. The number of hydrogen-bond acceptors (Lipinski definition) is 3. The maximum atomic E-state index is 11.7. The number of benzene rings is 1. The highest BCUT2D eigenvalue weighted by atomic mass is 16.6. The molecular formula is C16H21N3O2. The van der Waals surface area contributed by atoms with Gasteiger partial charge in [0.1, 0.15) is 5.60 Å². The number of hydrogen-bond donors (Lipinski definition) is 2. The van der Waals surface area contributed by atoms with Crippen molar-refractivity contribution in [3.05, 3.63) is 41.7 Å². The van der Waals surface area contributed by atoms with Gasteiger partial charge in [-0.2, -0.15) is 5.10 Å². The Balaban J connectivity index is 2.06. The molecule has 21 heavy (non-hydrogen) atoms. The molecule has 1 aromatic heterocycles. The van der Waals surface area contributed by atoms with Crippen molar-refractivity contribution in [1.29, 1.82) is 0 Å². The average molecular weight is 287 g/mol. The molecule has 0 saturated carbocycles. The molecule has 0 fully saturated rings. The van der Waals surface area contributed by atoms with Gasteiger partial charge in [0.2, 0.25) is 0 Å². The van der Waals surface area contributed by atoms with E-state index in [2.05, 4.69) is 21.6 Å². The van der Waals surface area contributed by atoms with Gasteiger partial charge in [-0.15, -0.1) is 0 Å². The molecular weight excluding hydrogens is 266 g/mol. The van der Waals surface area contributed by atoms with Crippen LogP contribution in [-0.2, 0) is 11.3 Å². The lowest BCUT2D eigenvalue weighted by atomic mass is 10.0. The van der Waals surface area contributed by atoms with Gasteiger partial charge in [0, 0.05) is 18.3 Å². The first-order valence-electron chi connectivity index (χ1n) is 6.90. The quantitative estimate of drug-likeness (QED) is 0.909. The highest BCUT2D eigenvalue weighted by Gasteiger charge is 2.15. The lowest BCUT2D eigenvalue weighted by Gasteiger charge is -2.19. The SMILES string of the molecule is Cc1cc(CNC(=O)OC(C)(C)C)cc(-c2cn[nH]c2)c1. The lowest BCUT2D eigenvalue weighted by molar-refractivity contribution is 0.0523. The molecule has 0 bridgehead atoms. The minimum absolute atomic E-state index is 0.408. The van der Waals surface area contributed by atoms with Crippen molar-refractivity contribution in [2.45, 2.75) is 39.8 Å². The van der Waals surface area contributed by atoms with Gasteiger partial charge in [0.25, 0.3) is 0 Å². The van der Waals surface area contributed by atoms with Crippen molar-refractivity contribution in [2.75, 3.05) is 0 Å². The number of nitrogens with zero attached hydrogens (tertiary/aromatic N) is 1. The number of carbonyl (C=O) groups excluding carboxylic acids is 1. The molecule has 0 atom stereocenters. The average Bonchev–Trinajstić information content (AvgIpc) is 2.87. The van der Waals surface area contributed by atoms with Crippen LogP contribution >= 0.6 is 0 Å². The zero-order chi connectivity index (χ0) is 15.5. The summed E-state index contributed by atoms with van der Waals surface area (Å²) in [6.07, 6.45) is 3.22. The molecule has 2 N–H and O–H groups in total. The number of alkyl carbamates (subject to hydrolysis) is 1. The summed E-state index contributed by atoms with van der Waals surface area (Å²) in [6, 6.07) is 6.16. The molecule has 0 aliphatic heterocycles. The number of aromatic amines is 1. The van der Waals surface area contributed by atoms with E-state index in [0.717, 1.165) is 22.3 Å². The van der Waals surface area contributed by atoms with Crippen molar-refractivity contribution >= 4 is 6.09 Å². The molecule has 0 radical (unpaired) electrons. The maximum Gasteiger partial charge on any atom is 0.407 e. The van der Waals surface area contributed by atoms with Crippen molar-refractivity contribution in [2.24, 2.45) is 0 Å². The van der Waals surface area contributed by atoms with Crippen LogP contribution in [0.15, 0.2) is 30.6 Å². The van der Waals surface area contributed by atoms with Gasteiger partial charge in [-0.05, 0) is 44.9 Å². The molecule has 0 spiro atoms. The number of amides is 1. The molecule has 1 amide bonds. The minimum Gasteiger partial charge on any atom is -0.444 e. The molecule has 2 rings (SSSR count). The molecule has 5 nitrogen and oxygen atoms in total. The predicted molar refractivity (Wildman–Crippen MR) is 81.8 cm³/mol. The van der Waals surface area contributed by atoms with E-state index in [9.17, 15) is 4.79 Å². The van der Waals surface area contributed by atoms with E-state index >= 15 is 0 Å². The summed E-state index contributed by atoms with van der Waals surface area (Å²) >= 11 is 0. The summed E-state index contributed by atoms with van der Waals surface area (Å²) in [5.41, 5.74) is 3.77. The van der Waals surface area contributed by atoms with E-state index in [-0.39, 0.29) is 0 Å². The second kappa shape index (κ2) is 5.99. The monoisotopic (exact) mass is 287 g/mol. The smallest absolute Gasteiger partial charge is 0.407 e. The van der Waals surface area contributed by atoms with Crippen LogP contribution in [0.25, 0.3) is 11.1 Å². The summed E-state index contributed by atoms with van der Waals surface area (Å²) in [5, 5.41) is 9.53. The van der Waals surface area contributed by atoms with Gasteiger partial charge in [-0.3, -0.25) is 5.10 Å². The normalized spacial score (nSPS) is 11.2. The third-order valence-electron chi connectivity index (χ3n) is 2.80. The fraction of sp³-hybridized carbons (Fsp3) is 0.375. The maximum absolute atomic E-state index is 11.7. The highest BCUT2D eigenvalue weighted by Crippen LogP contribution is 2.21. The van der Waals surface area contributed by atoms with Gasteiger partial charge in [-0.1, -0.05) is 17.7 Å². The van der Waals surface area contributed by atoms with Gasteiger partial charge in [0.15, 0.2) is 0 Å². The van der Waals surface area contributed by atoms with E-state index in [4.69, 9.17) is 4.74 Å². The second-order valence-corrected chi connectivity index (χ2v) is 6.05. The molecule has 0 aliphatic rings. The Labute approximate surface area is 124 Å². The summed E-state index contributed by atoms with van der Waals surface area (Å²) in [5.74, 6) is 0. The molecule has 2 aromatic rings. The van der Waals surface area contributed by atoms with Crippen molar-refractivity contribution in [3.8, 4) is 11.1 Å². The molecule has 1 aromatic carbocycles. The number of rotatable bonds is 3. The fourth-order valence-corrected chi connectivity index (χ4v) is 2.03. The Kier molecular flexibility index (Phi) is 4.31. The van der Waals surface area contributed by atoms with Crippen LogP contribution in [0.1, 0.15) is 31.9 Å². The zero-order valence-corrected chi connectivity index (χ0v) is 12.9. The third kappa shape index (κ3) is 4.63. The van der Waals surface area contributed by atoms with Gasteiger partial charge < -0.3 is 10.1 Å². The van der Waals surface area contributed by atoms with E-state index in [0.29, 0.717) is 6.54 Å². The highest BCUT2D eigenvalue weighted by molar-refractivity contribution is 5.68. The second-order valence-electron chi connectivity index (χ2n) is 6.05. The van der Waals surface area contributed by atoms with Crippen LogP contribution in [0.4, 0.5) is 4.79 Å². The molecule has 0 saturated heterocycles. The minimum atomic E-state index is -0.487. The van der Waals surface area contributed by atoms with Crippen molar-refractivity contribution < 1.29 is 9.53 Å². The predicted octanol–water partition coefficient (Wildman–Crippen LogP) is 3.41. The molecule has 112 valence electrons. The molecule has 0 unspecified atom stereocenters. The molecule has 5 heteroatoms. The zero-order valence-electron chi connectivity index (χ0n) is 12.9. The van der Waals surface area contributed by atoms with Gasteiger partial charge >= 0.3 is 6.09 Å². The summed E-state index contributed by atoms with van der Waals surface area (Å²) in [7, 11) is 0. The third-order valence-corrected chi connectivity index (χ3v) is 2.80. The number of aryl methyl sites for hydroxylation is 1. The number of aromatic nitrogens is 2. The van der Waals surface area contributed by atoms with Crippen LogP contribution in [0.2, 0.25) is 0 Å². The first-order chi connectivity index (χ1) is 9.83. The Morgan fingerprint density at radius 2 is 2.05 bits per heavy atom. The van der Waals surface area contributed by atoms with Crippen LogP contribution < -0.4 is 5.32 Å². The van der Waals surface area contributed by atoms with Crippen LogP contribution in [0.3, 0.4) is 0 Å². The molecule has 0 aliphatic carbocycles. The van der Waals surface area contributed by atoms with E-state index in [1.165, 1.54) is 0 Å². The van der Waals surface area contributed by atoms with Crippen LogP contribution in [-0.4, -0.2) is 21.9 Å². The van der Waals surface area contributed by atoms with Gasteiger partial charge in [0.05, 0.1) is 6.20 Å². The fourth-order valence-electron chi connectivity index (χ4n) is 2.03. The number of H-pyrrole nitrogens is 1. The van der Waals surface area contributed by atoms with Crippen molar-refractivity contribution in [3.63, 3.8) is 0 Å². The van der Waals surface area contributed by atoms with Crippen LogP contribution in [0, 0.1) is 6.92 Å². The van der Waals surface area contributed by atoms with E-state index in [1.807, 2.05) is 46.0 Å². The molecule has 1 heterocycles. The number of nitrogens with one attached hydrogen (secondary N) is 2. The number of carbonyl (C=O) groups is 1.